The molecule has 3 heterocycles. The Bertz CT molecular complexity index is 633. The number of likely N-dealkylation sites (tertiary alicyclic amines) is 1. The molecule has 7 nitrogen and oxygen atoms in total. The maximum absolute atomic E-state index is 13.2. The maximum Gasteiger partial charge on any atom is 0.243 e. The Hall–Kier alpha value is -1.89. The fraction of sp³-hybridized carbons (Fsp3) is 0.750. The van der Waals surface area contributed by atoms with Gasteiger partial charge in [0.25, 0.3) is 0 Å². The van der Waals surface area contributed by atoms with Crippen LogP contribution in [0.15, 0.2) is 12.5 Å². The molecule has 2 aliphatic heterocycles. The van der Waals surface area contributed by atoms with Crippen molar-refractivity contribution in [3.63, 3.8) is 0 Å². The van der Waals surface area contributed by atoms with E-state index in [-0.39, 0.29) is 17.7 Å². The molecule has 2 amide bonds. The summed E-state index contributed by atoms with van der Waals surface area (Å²) in [4.78, 5) is 37.2. The first kappa shape index (κ1) is 18.5. The van der Waals surface area contributed by atoms with E-state index in [9.17, 15) is 9.59 Å². The zero-order valence-electron chi connectivity index (χ0n) is 16.0. The average molecular weight is 374 g/mol. The van der Waals surface area contributed by atoms with Gasteiger partial charge in [0, 0.05) is 43.4 Å². The highest BCUT2D eigenvalue weighted by molar-refractivity contribution is 5.89. The van der Waals surface area contributed by atoms with E-state index in [1.165, 1.54) is 32.1 Å². The van der Waals surface area contributed by atoms with Crippen LogP contribution in [0.25, 0.3) is 0 Å². The molecule has 148 valence electrons. The predicted octanol–water partition coefficient (Wildman–Crippen LogP) is 1.32. The minimum absolute atomic E-state index is 0.0520. The molecule has 0 aromatic carbocycles. The van der Waals surface area contributed by atoms with E-state index in [4.69, 9.17) is 0 Å². The van der Waals surface area contributed by atoms with E-state index < -0.39 is 6.04 Å². The molecule has 2 N–H and O–H groups in total. The monoisotopic (exact) mass is 373 g/mol. The van der Waals surface area contributed by atoms with Crippen molar-refractivity contribution in [2.45, 2.75) is 63.5 Å². The van der Waals surface area contributed by atoms with Crippen LogP contribution < -0.4 is 5.32 Å². The third-order valence-electron chi connectivity index (χ3n) is 6.55. The van der Waals surface area contributed by atoms with E-state index in [2.05, 4.69) is 20.2 Å². The lowest BCUT2D eigenvalue weighted by molar-refractivity contribution is -0.147. The Morgan fingerprint density at radius 1 is 1.11 bits per heavy atom. The Kier molecular flexibility index (Phi) is 5.76. The molecule has 1 aromatic rings. The molecular weight excluding hydrogens is 342 g/mol. The summed E-state index contributed by atoms with van der Waals surface area (Å²) in [6.45, 7) is 3.19. The summed E-state index contributed by atoms with van der Waals surface area (Å²) in [7, 11) is 0. The number of carbonyl (C=O) groups excluding carboxylic acids is 2. The second-order valence-electron chi connectivity index (χ2n) is 8.22. The molecular formula is C20H31N5O2. The topological polar surface area (TPSA) is 81.3 Å². The van der Waals surface area contributed by atoms with Crippen molar-refractivity contribution in [3.8, 4) is 0 Å². The number of piperazine rings is 1. The molecule has 0 bridgehead atoms. The smallest absolute Gasteiger partial charge is 0.243 e. The Morgan fingerprint density at radius 3 is 2.59 bits per heavy atom. The number of carbonyl (C=O) groups is 2. The van der Waals surface area contributed by atoms with Crippen molar-refractivity contribution in [1.29, 1.82) is 0 Å². The van der Waals surface area contributed by atoms with Crippen LogP contribution in [-0.2, 0) is 16.0 Å². The molecule has 1 saturated carbocycles. The second-order valence-corrected chi connectivity index (χ2v) is 8.22. The number of hydrogen-bond donors (Lipinski definition) is 2. The van der Waals surface area contributed by atoms with Crippen LogP contribution in [0.2, 0.25) is 0 Å². The van der Waals surface area contributed by atoms with Gasteiger partial charge >= 0.3 is 0 Å². The highest BCUT2D eigenvalue weighted by Crippen LogP contribution is 2.28. The van der Waals surface area contributed by atoms with Crippen LogP contribution in [-0.4, -0.2) is 69.8 Å². The number of hydrogen-bond acceptors (Lipinski definition) is 4. The summed E-state index contributed by atoms with van der Waals surface area (Å²) < 4.78 is 0. The largest absolute Gasteiger partial charge is 0.353 e. The normalized spacial score (nSPS) is 26.1. The lowest BCUT2D eigenvalue weighted by Gasteiger charge is -2.42. The van der Waals surface area contributed by atoms with Crippen molar-refractivity contribution in [2.24, 2.45) is 5.92 Å². The van der Waals surface area contributed by atoms with Gasteiger partial charge in [-0.15, -0.1) is 0 Å². The molecule has 0 spiro atoms. The molecule has 0 radical (unpaired) electrons. The lowest BCUT2D eigenvalue weighted by Crippen LogP contribution is -2.59. The van der Waals surface area contributed by atoms with E-state index in [0.29, 0.717) is 19.5 Å². The van der Waals surface area contributed by atoms with Gasteiger partial charge in [-0.1, -0.05) is 19.3 Å². The minimum Gasteiger partial charge on any atom is -0.353 e. The highest BCUT2D eigenvalue weighted by atomic mass is 16.2. The van der Waals surface area contributed by atoms with E-state index in [1.54, 1.807) is 12.5 Å². The predicted molar refractivity (Wildman–Crippen MR) is 102 cm³/mol. The summed E-state index contributed by atoms with van der Waals surface area (Å²) in [6, 6.07) is 0.298. The molecule has 3 fully saturated rings. The molecule has 1 aliphatic carbocycles. The van der Waals surface area contributed by atoms with Crippen molar-refractivity contribution in [1.82, 2.24) is 25.1 Å². The first-order valence-corrected chi connectivity index (χ1v) is 10.5. The van der Waals surface area contributed by atoms with Crippen molar-refractivity contribution in [3.05, 3.63) is 18.2 Å². The van der Waals surface area contributed by atoms with Crippen molar-refractivity contribution < 1.29 is 9.59 Å². The van der Waals surface area contributed by atoms with Gasteiger partial charge in [0.15, 0.2) is 0 Å². The molecule has 2 saturated heterocycles. The summed E-state index contributed by atoms with van der Waals surface area (Å²) in [5.41, 5.74) is 0.891. The fourth-order valence-corrected chi connectivity index (χ4v) is 4.98. The molecule has 3 aliphatic rings. The quantitative estimate of drug-likeness (QED) is 0.834. The molecule has 1 atom stereocenters. The van der Waals surface area contributed by atoms with Gasteiger partial charge in [0.05, 0.1) is 6.33 Å². The Morgan fingerprint density at radius 2 is 1.89 bits per heavy atom. The molecule has 7 heteroatoms. The Balaban J connectivity index is 1.36. The zero-order chi connectivity index (χ0) is 18.6. The van der Waals surface area contributed by atoms with E-state index >= 15 is 0 Å². The third-order valence-corrected chi connectivity index (χ3v) is 6.55. The highest BCUT2D eigenvalue weighted by Gasteiger charge is 2.38. The number of rotatable bonds is 4. The maximum atomic E-state index is 13.2. The van der Waals surface area contributed by atoms with E-state index in [1.807, 2.05) is 4.90 Å². The van der Waals surface area contributed by atoms with Crippen molar-refractivity contribution >= 4 is 11.8 Å². The lowest BCUT2D eigenvalue weighted by atomic mass is 9.89. The SMILES string of the molecule is O=C1NCCN(C(=O)C2CCN(C3CCCCC3)CC2)[C@H]1Cc1cnc[nH]1. The first-order valence-electron chi connectivity index (χ1n) is 10.5. The van der Waals surface area contributed by atoms with Gasteiger partial charge in [-0.3, -0.25) is 9.59 Å². The van der Waals surface area contributed by atoms with Crippen LogP contribution in [0, 0.1) is 5.92 Å². The standard InChI is InChI=1S/C20H31N5O2/c26-19-18(12-16-13-21-14-23-16)25(11-8-22-19)20(27)15-6-9-24(10-7-15)17-4-2-1-3-5-17/h13-15,17-18H,1-12H2,(H,21,23)(H,22,26)/t18-/m0/s1. The van der Waals surface area contributed by atoms with Gasteiger partial charge < -0.3 is 20.1 Å². The van der Waals surface area contributed by atoms with Gasteiger partial charge in [-0.25, -0.2) is 4.98 Å². The number of imidazole rings is 1. The second kappa shape index (κ2) is 8.42. The summed E-state index contributed by atoms with van der Waals surface area (Å²) in [5, 5.41) is 2.91. The first-order chi connectivity index (χ1) is 13.2. The molecule has 4 rings (SSSR count). The number of H-pyrrole nitrogens is 1. The van der Waals surface area contributed by atoms with Crippen LogP contribution in [0.5, 0.6) is 0 Å². The Labute approximate surface area is 160 Å². The third kappa shape index (κ3) is 4.18. The number of amides is 2. The number of aromatic amines is 1. The van der Waals surface area contributed by atoms with E-state index in [0.717, 1.165) is 37.7 Å². The summed E-state index contributed by atoms with van der Waals surface area (Å²) in [5.74, 6) is 0.168. The number of aromatic nitrogens is 2. The summed E-state index contributed by atoms with van der Waals surface area (Å²) >= 11 is 0. The van der Waals surface area contributed by atoms with Gasteiger partial charge in [-0.2, -0.15) is 0 Å². The van der Waals surface area contributed by atoms with Gasteiger partial charge in [-0.05, 0) is 38.8 Å². The van der Waals surface area contributed by atoms with Crippen LogP contribution in [0.3, 0.4) is 0 Å². The molecule has 1 aromatic heterocycles. The molecule has 0 unspecified atom stereocenters. The zero-order valence-corrected chi connectivity index (χ0v) is 16.0. The van der Waals surface area contributed by atoms with Gasteiger partial charge in [0.2, 0.25) is 11.8 Å². The van der Waals surface area contributed by atoms with Crippen LogP contribution in [0.1, 0.15) is 50.6 Å². The van der Waals surface area contributed by atoms with Gasteiger partial charge in [0.1, 0.15) is 6.04 Å². The number of nitrogens with zero attached hydrogens (tertiary/aromatic N) is 3. The van der Waals surface area contributed by atoms with Crippen LogP contribution in [0.4, 0.5) is 0 Å². The average Bonchev–Trinajstić information content (AvgIpc) is 3.23. The minimum atomic E-state index is -0.428. The fourth-order valence-electron chi connectivity index (χ4n) is 4.98. The van der Waals surface area contributed by atoms with Crippen LogP contribution >= 0.6 is 0 Å². The molecule has 27 heavy (non-hydrogen) atoms. The van der Waals surface area contributed by atoms with Crippen molar-refractivity contribution in [2.75, 3.05) is 26.2 Å². The summed E-state index contributed by atoms with van der Waals surface area (Å²) in [6.07, 6.45) is 12.4. The number of nitrogens with one attached hydrogen (secondary N) is 2. The number of piperidine rings is 1.